The highest BCUT2D eigenvalue weighted by atomic mass is 35.5. The lowest BCUT2D eigenvalue weighted by Crippen LogP contribution is -2.39. The predicted molar refractivity (Wildman–Crippen MR) is 118 cm³/mol. The third-order valence-electron chi connectivity index (χ3n) is 5.25. The first kappa shape index (κ1) is 21.5. The van der Waals surface area contributed by atoms with Crippen molar-refractivity contribution in [2.45, 2.75) is 13.0 Å². The van der Waals surface area contributed by atoms with Crippen LogP contribution < -0.4 is 0 Å². The Morgan fingerprint density at radius 1 is 1.13 bits per heavy atom. The van der Waals surface area contributed by atoms with E-state index in [-0.39, 0.29) is 11.6 Å². The molecule has 0 unspecified atom stereocenters. The van der Waals surface area contributed by atoms with Crippen LogP contribution in [0.15, 0.2) is 59.4 Å². The molecule has 1 aromatic carbocycles. The zero-order valence-electron chi connectivity index (χ0n) is 17.2. The number of hydrogen-bond acceptors (Lipinski definition) is 6. The summed E-state index contributed by atoms with van der Waals surface area (Å²) < 4.78 is 10.8. The van der Waals surface area contributed by atoms with Crippen molar-refractivity contribution in [3.8, 4) is 11.3 Å². The fourth-order valence-corrected chi connectivity index (χ4v) is 3.78. The molecule has 162 valence electrons. The van der Waals surface area contributed by atoms with Crippen LogP contribution in [0.3, 0.4) is 0 Å². The average molecular weight is 441 g/mol. The van der Waals surface area contributed by atoms with Crippen LogP contribution in [-0.4, -0.2) is 65.2 Å². The van der Waals surface area contributed by atoms with E-state index in [2.05, 4.69) is 15.0 Å². The van der Waals surface area contributed by atoms with Gasteiger partial charge >= 0.3 is 0 Å². The van der Waals surface area contributed by atoms with Crippen LogP contribution in [0.25, 0.3) is 11.3 Å². The summed E-state index contributed by atoms with van der Waals surface area (Å²) >= 11 is 6.07. The van der Waals surface area contributed by atoms with Crippen LogP contribution in [0.1, 0.15) is 22.5 Å². The molecule has 0 atom stereocenters. The molecule has 4 rings (SSSR count). The van der Waals surface area contributed by atoms with Crippen molar-refractivity contribution < 1.29 is 14.1 Å². The zero-order chi connectivity index (χ0) is 21.5. The smallest absolute Gasteiger partial charge is 0.276 e. The summed E-state index contributed by atoms with van der Waals surface area (Å²) in [6, 6.07) is 12.8. The van der Waals surface area contributed by atoms with Gasteiger partial charge in [-0.25, -0.2) is 0 Å². The maximum atomic E-state index is 13.3. The Labute approximate surface area is 186 Å². The van der Waals surface area contributed by atoms with E-state index in [1.54, 1.807) is 30.6 Å². The SMILES string of the molecule is O=C(c1cc(-c2cccc(Cl)c2)on1)N(CCCN1CCOCC1)Cc1ccncc1. The van der Waals surface area contributed by atoms with Gasteiger partial charge in [0.2, 0.25) is 0 Å². The van der Waals surface area contributed by atoms with Gasteiger partial charge in [-0.2, -0.15) is 0 Å². The van der Waals surface area contributed by atoms with Crippen molar-refractivity contribution in [1.29, 1.82) is 0 Å². The first-order valence-corrected chi connectivity index (χ1v) is 10.8. The number of amides is 1. The highest BCUT2D eigenvalue weighted by molar-refractivity contribution is 6.30. The van der Waals surface area contributed by atoms with Crippen LogP contribution in [-0.2, 0) is 11.3 Å². The number of carbonyl (C=O) groups excluding carboxylic acids is 1. The normalized spacial score (nSPS) is 14.5. The molecule has 0 spiro atoms. The second-order valence-electron chi connectivity index (χ2n) is 7.48. The van der Waals surface area contributed by atoms with Crippen LogP contribution in [0.4, 0.5) is 0 Å². The lowest BCUT2D eigenvalue weighted by atomic mass is 10.1. The number of ether oxygens (including phenoxy) is 1. The van der Waals surface area contributed by atoms with Crippen LogP contribution in [0.2, 0.25) is 5.02 Å². The van der Waals surface area contributed by atoms with E-state index in [1.807, 2.05) is 29.2 Å². The summed E-state index contributed by atoms with van der Waals surface area (Å²) in [5.41, 5.74) is 2.09. The largest absolute Gasteiger partial charge is 0.379 e. The van der Waals surface area contributed by atoms with Gasteiger partial charge < -0.3 is 14.2 Å². The van der Waals surface area contributed by atoms with E-state index in [4.69, 9.17) is 20.9 Å². The maximum absolute atomic E-state index is 13.3. The summed E-state index contributed by atoms with van der Waals surface area (Å²) in [4.78, 5) is 21.5. The number of nitrogens with zero attached hydrogens (tertiary/aromatic N) is 4. The van der Waals surface area contributed by atoms with Gasteiger partial charge in [-0.3, -0.25) is 14.7 Å². The summed E-state index contributed by atoms with van der Waals surface area (Å²) in [5, 5.41) is 4.64. The molecular weight excluding hydrogens is 416 g/mol. The number of morpholine rings is 1. The summed E-state index contributed by atoms with van der Waals surface area (Å²) in [6.45, 7) is 5.45. The highest BCUT2D eigenvalue weighted by Gasteiger charge is 2.21. The minimum atomic E-state index is -0.157. The van der Waals surface area contributed by atoms with Crippen molar-refractivity contribution in [3.63, 3.8) is 0 Å². The number of carbonyl (C=O) groups is 1. The third-order valence-corrected chi connectivity index (χ3v) is 5.49. The minimum absolute atomic E-state index is 0.157. The van der Waals surface area contributed by atoms with Gasteiger partial charge in [0, 0.05) is 61.8 Å². The van der Waals surface area contributed by atoms with Crippen LogP contribution in [0.5, 0.6) is 0 Å². The lowest BCUT2D eigenvalue weighted by Gasteiger charge is -2.28. The van der Waals surface area contributed by atoms with Crippen molar-refractivity contribution in [1.82, 2.24) is 19.9 Å². The first-order chi connectivity index (χ1) is 15.2. The first-order valence-electron chi connectivity index (χ1n) is 10.4. The molecule has 3 aromatic rings. The Hall–Kier alpha value is -2.74. The van der Waals surface area contributed by atoms with E-state index >= 15 is 0 Å². The number of pyridine rings is 1. The van der Waals surface area contributed by atoms with Gasteiger partial charge in [0.15, 0.2) is 11.5 Å². The number of aromatic nitrogens is 2. The summed E-state index contributed by atoms with van der Waals surface area (Å²) in [5.74, 6) is 0.360. The predicted octanol–water partition coefficient (Wildman–Crippen LogP) is 3.75. The fraction of sp³-hybridized carbons (Fsp3) is 0.348. The molecule has 0 N–H and O–H groups in total. The number of halogens is 1. The third kappa shape index (κ3) is 5.91. The van der Waals surface area contributed by atoms with Crippen molar-refractivity contribution >= 4 is 17.5 Å². The molecule has 0 radical (unpaired) electrons. The molecule has 1 fully saturated rings. The van der Waals surface area contributed by atoms with Crippen LogP contribution >= 0.6 is 11.6 Å². The van der Waals surface area contributed by atoms with E-state index in [0.717, 1.165) is 50.4 Å². The van der Waals surface area contributed by atoms with Gasteiger partial charge in [0.05, 0.1) is 13.2 Å². The molecule has 8 heteroatoms. The Morgan fingerprint density at radius 3 is 2.71 bits per heavy atom. The van der Waals surface area contributed by atoms with Crippen molar-refractivity contribution in [3.05, 3.63) is 71.1 Å². The Bertz CT molecular complexity index is 989. The topological polar surface area (TPSA) is 71.7 Å². The molecule has 0 saturated carbocycles. The number of benzene rings is 1. The second kappa shape index (κ2) is 10.5. The van der Waals surface area contributed by atoms with E-state index in [9.17, 15) is 4.79 Å². The van der Waals surface area contributed by atoms with E-state index < -0.39 is 0 Å². The van der Waals surface area contributed by atoms with Gasteiger partial charge in [-0.1, -0.05) is 28.9 Å². The molecule has 1 aliphatic rings. The quantitative estimate of drug-likeness (QED) is 0.531. The Balaban J connectivity index is 1.46. The molecule has 0 bridgehead atoms. The lowest BCUT2D eigenvalue weighted by molar-refractivity contribution is 0.0355. The average Bonchev–Trinajstić information content (AvgIpc) is 3.30. The van der Waals surface area contributed by atoms with Crippen molar-refractivity contribution in [2.75, 3.05) is 39.4 Å². The monoisotopic (exact) mass is 440 g/mol. The number of hydrogen-bond donors (Lipinski definition) is 0. The summed E-state index contributed by atoms with van der Waals surface area (Å²) in [7, 11) is 0. The zero-order valence-corrected chi connectivity index (χ0v) is 18.0. The van der Waals surface area contributed by atoms with E-state index in [1.165, 1.54) is 0 Å². The Kier molecular flexibility index (Phi) is 7.30. The molecule has 0 aliphatic carbocycles. The minimum Gasteiger partial charge on any atom is -0.379 e. The summed E-state index contributed by atoms with van der Waals surface area (Å²) in [6.07, 6.45) is 4.34. The molecule has 7 nitrogen and oxygen atoms in total. The van der Waals surface area contributed by atoms with Gasteiger partial charge in [-0.15, -0.1) is 0 Å². The number of rotatable bonds is 8. The molecular formula is C23H25ClN4O3. The van der Waals surface area contributed by atoms with Gasteiger partial charge in [-0.05, 0) is 36.2 Å². The second-order valence-corrected chi connectivity index (χ2v) is 7.91. The standard InChI is InChI=1S/C23H25ClN4O3/c24-20-4-1-3-19(15-20)22-16-21(26-31-22)23(29)28(17-18-5-7-25-8-6-18)10-2-9-27-11-13-30-14-12-27/h1,3-8,15-16H,2,9-14,17H2. The molecule has 1 saturated heterocycles. The molecule has 31 heavy (non-hydrogen) atoms. The van der Waals surface area contributed by atoms with Gasteiger partial charge in [0.25, 0.3) is 5.91 Å². The Morgan fingerprint density at radius 2 is 1.94 bits per heavy atom. The fourth-order valence-electron chi connectivity index (χ4n) is 3.59. The van der Waals surface area contributed by atoms with Crippen molar-refractivity contribution in [2.24, 2.45) is 0 Å². The van der Waals surface area contributed by atoms with Crippen LogP contribution in [0, 0.1) is 0 Å². The molecule has 3 heterocycles. The molecule has 1 aliphatic heterocycles. The van der Waals surface area contributed by atoms with Gasteiger partial charge in [0.1, 0.15) is 0 Å². The molecule has 1 amide bonds. The highest BCUT2D eigenvalue weighted by Crippen LogP contribution is 2.24. The van der Waals surface area contributed by atoms with E-state index in [0.29, 0.717) is 23.9 Å². The maximum Gasteiger partial charge on any atom is 0.276 e. The molecule has 2 aromatic heterocycles.